The number of primary sulfonamides is 1. The fourth-order valence-corrected chi connectivity index (χ4v) is 2.41. The lowest BCUT2D eigenvalue weighted by Crippen LogP contribution is -2.38. The van der Waals surface area contributed by atoms with Crippen LogP contribution in [0.15, 0.2) is 23.2 Å². The molecule has 138 valence electrons. The van der Waals surface area contributed by atoms with E-state index < -0.39 is 10.0 Å². The van der Waals surface area contributed by atoms with E-state index in [4.69, 9.17) is 21.5 Å². The molecule has 0 saturated heterocycles. The minimum atomic E-state index is -3.50. The number of ether oxygens (including phenoxy) is 1. The SMILES string of the molecule is CCNC(=NCCS(N)(=O)=O)NCCc1ccc(OC)cc1Cl.I. The molecule has 4 N–H and O–H groups in total. The molecular weight excluding hydrogens is 467 g/mol. The summed E-state index contributed by atoms with van der Waals surface area (Å²) in [6.45, 7) is 3.31. The molecule has 10 heteroatoms. The van der Waals surface area contributed by atoms with Crippen molar-refractivity contribution in [3.8, 4) is 5.75 Å². The van der Waals surface area contributed by atoms with Crippen molar-refractivity contribution in [3.63, 3.8) is 0 Å². The number of sulfonamides is 1. The van der Waals surface area contributed by atoms with Gasteiger partial charge in [-0.1, -0.05) is 17.7 Å². The molecule has 24 heavy (non-hydrogen) atoms. The van der Waals surface area contributed by atoms with Gasteiger partial charge in [-0.25, -0.2) is 13.6 Å². The molecule has 7 nitrogen and oxygen atoms in total. The number of hydrogen-bond donors (Lipinski definition) is 3. The number of nitrogens with two attached hydrogens (primary N) is 1. The van der Waals surface area contributed by atoms with Crippen LogP contribution in [0.3, 0.4) is 0 Å². The van der Waals surface area contributed by atoms with Gasteiger partial charge in [0, 0.05) is 18.1 Å². The van der Waals surface area contributed by atoms with Gasteiger partial charge >= 0.3 is 0 Å². The summed E-state index contributed by atoms with van der Waals surface area (Å²) in [6.07, 6.45) is 0.697. The molecule has 0 bridgehead atoms. The Morgan fingerprint density at radius 2 is 2.08 bits per heavy atom. The molecule has 1 aromatic rings. The highest BCUT2D eigenvalue weighted by Crippen LogP contribution is 2.22. The van der Waals surface area contributed by atoms with Crippen LogP contribution in [0.4, 0.5) is 0 Å². The van der Waals surface area contributed by atoms with Gasteiger partial charge in [-0.3, -0.25) is 4.99 Å². The highest BCUT2D eigenvalue weighted by molar-refractivity contribution is 14.0. The van der Waals surface area contributed by atoms with E-state index >= 15 is 0 Å². The zero-order valence-corrected chi connectivity index (χ0v) is 17.6. The van der Waals surface area contributed by atoms with Gasteiger partial charge in [0.15, 0.2) is 5.96 Å². The smallest absolute Gasteiger partial charge is 0.210 e. The van der Waals surface area contributed by atoms with E-state index in [1.807, 2.05) is 19.1 Å². The highest BCUT2D eigenvalue weighted by atomic mass is 127. The van der Waals surface area contributed by atoms with Crippen molar-refractivity contribution in [2.75, 3.05) is 32.5 Å². The molecule has 0 aliphatic carbocycles. The van der Waals surface area contributed by atoms with Crippen LogP contribution in [-0.2, 0) is 16.4 Å². The first-order valence-corrected chi connectivity index (χ1v) is 9.30. The monoisotopic (exact) mass is 490 g/mol. The predicted molar refractivity (Wildman–Crippen MR) is 109 cm³/mol. The van der Waals surface area contributed by atoms with E-state index in [0.29, 0.717) is 36.2 Å². The summed E-state index contributed by atoms with van der Waals surface area (Å²) in [4.78, 5) is 4.16. The maximum Gasteiger partial charge on any atom is 0.210 e. The van der Waals surface area contributed by atoms with E-state index in [-0.39, 0.29) is 36.3 Å². The van der Waals surface area contributed by atoms with Crippen LogP contribution in [0.5, 0.6) is 5.75 Å². The molecule has 0 fully saturated rings. The Bertz CT molecular complexity index is 641. The van der Waals surface area contributed by atoms with Crippen molar-refractivity contribution >= 4 is 51.6 Å². The molecule has 0 unspecified atom stereocenters. The van der Waals surface area contributed by atoms with Crippen LogP contribution in [0.2, 0.25) is 5.02 Å². The van der Waals surface area contributed by atoms with Gasteiger partial charge in [0.1, 0.15) is 5.75 Å². The van der Waals surface area contributed by atoms with Crippen LogP contribution < -0.4 is 20.5 Å². The number of rotatable bonds is 8. The zero-order valence-electron chi connectivity index (χ0n) is 13.7. The van der Waals surface area contributed by atoms with E-state index in [9.17, 15) is 8.42 Å². The number of methoxy groups -OCH3 is 1. The minimum absolute atomic E-state index is 0. The number of nitrogens with one attached hydrogen (secondary N) is 2. The van der Waals surface area contributed by atoms with Gasteiger partial charge in [-0.05, 0) is 31.0 Å². The van der Waals surface area contributed by atoms with Crippen LogP contribution in [0.25, 0.3) is 0 Å². The van der Waals surface area contributed by atoms with Gasteiger partial charge in [0.05, 0.1) is 19.4 Å². The highest BCUT2D eigenvalue weighted by Gasteiger charge is 2.05. The molecule has 0 heterocycles. The first-order valence-electron chi connectivity index (χ1n) is 7.20. The van der Waals surface area contributed by atoms with Crippen molar-refractivity contribution in [2.45, 2.75) is 13.3 Å². The van der Waals surface area contributed by atoms with E-state index in [1.54, 1.807) is 13.2 Å². The Morgan fingerprint density at radius 1 is 1.38 bits per heavy atom. The Balaban J connectivity index is 0.00000529. The lowest BCUT2D eigenvalue weighted by molar-refractivity contribution is 0.414. The summed E-state index contributed by atoms with van der Waals surface area (Å²) < 4.78 is 26.9. The summed E-state index contributed by atoms with van der Waals surface area (Å²) in [6, 6.07) is 5.53. The Kier molecular flexibility index (Phi) is 11.3. The molecule has 0 aliphatic rings. The standard InChI is InChI=1S/C14H23ClN4O3S.HI/c1-3-17-14(19-8-9-23(16,20)21)18-7-6-11-4-5-12(22-2)10-13(11)15;/h4-5,10H,3,6-9H2,1-2H3,(H2,16,20,21)(H2,17,18,19);1H. The third-order valence-electron chi connectivity index (χ3n) is 2.94. The summed E-state index contributed by atoms with van der Waals surface area (Å²) in [5.41, 5.74) is 0.986. The number of guanidine groups is 1. The first kappa shape index (κ1) is 23.2. The second-order valence-electron chi connectivity index (χ2n) is 4.76. The number of nitrogens with zero attached hydrogens (tertiary/aromatic N) is 1. The van der Waals surface area contributed by atoms with E-state index in [2.05, 4.69) is 15.6 Å². The maximum atomic E-state index is 10.9. The molecule has 0 atom stereocenters. The molecular formula is C14H24ClIN4O3S. The Morgan fingerprint density at radius 3 is 2.62 bits per heavy atom. The normalized spacial score (nSPS) is 11.6. The van der Waals surface area contributed by atoms with Crippen LogP contribution in [0.1, 0.15) is 12.5 Å². The van der Waals surface area contributed by atoms with Crippen molar-refractivity contribution in [3.05, 3.63) is 28.8 Å². The molecule has 0 amide bonds. The lowest BCUT2D eigenvalue weighted by atomic mass is 10.1. The van der Waals surface area contributed by atoms with Crippen molar-refractivity contribution < 1.29 is 13.2 Å². The third kappa shape index (κ3) is 9.50. The molecule has 0 saturated carbocycles. The first-order chi connectivity index (χ1) is 10.9. The topological polar surface area (TPSA) is 106 Å². The zero-order chi connectivity index (χ0) is 17.3. The van der Waals surface area contributed by atoms with Gasteiger partial charge in [-0.15, -0.1) is 24.0 Å². The molecule has 1 rings (SSSR count). The van der Waals surface area contributed by atoms with E-state index in [0.717, 1.165) is 5.56 Å². The summed E-state index contributed by atoms with van der Waals surface area (Å²) in [7, 11) is -1.91. The Labute approximate surface area is 165 Å². The average molecular weight is 491 g/mol. The lowest BCUT2D eigenvalue weighted by Gasteiger charge is -2.12. The van der Waals surface area contributed by atoms with Gasteiger partial charge in [0.25, 0.3) is 0 Å². The fourth-order valence-electron chi connectivity index (χ4n) is 1.80. The summed E-state index contributed by atoms with van der Waals surface area (Å²) in [5, 5.41) is 11.8. The minimum Gasteiger partial charge on any atom is -0.497 e. The van der Waals surface area contributed by atoms with Crippen LogP contribution >= 0.6 is 35.6 Å². The second kappa shape index (κ2) is 11.7. The quantitative estimate of drug-likeness (QED) is 0.290. The van der Waals surface area contributed by atoms with Crippen LogP contribution in [0, 0.1) is 0 Å². The van der Waals surface area contributed by atoms with Gasteiger partial charge in [-0.2, -0.15) is 0 Å². The molecule has 0 aliphatic heterocycles. The van der Waals surface area contributed by atoms with Gasteiger partial charge < -0.3 is 15.4 Å². The molecule has 1 aromatic carbocycles. The molecule has 0 aromatic heterocycles. The van der Waals surface area contributed by atoms with Crippen molar-refractivity contribution in [1.29, 1.82) is 0 Å². The maximum absolute atomic E-state index is 10.9. The fraction of sp³-hybridized carbons (Fsp3) is 0.500. The number of halogens is 2. The van der Waals surface area contributed by atoms with E-state index in [1.165, 1.54) is 0 Å². The predicted octanol–water partition coefficient (Wildman–Crippen LogP) is 1.35. The number of benzene rings is 1. The van der Waals surface area contributed by atoms with Crippen molar-refractivity contribution in [1.82, 2.24) is 10.6 Å². The average Bonchev–Trinajstić information content (AvgIpc) is 2.47. The van der Waals surface area contributed by atoms with Gasteiger partial charge in [0.2, 0.25) is 10.0 Å². The Hall–Kier alpha value is -0.780. The van der Waals surface area contributed by atoms with Crippen molar-refractivity contribution in [2.24, 2.45) is 10.1 Å². The number of hydrogen-bond acceptors (Lipinski definition) is 4. The third-order valence-corrected chi connectivity index (χ3v) is 4.04. The second-order valence-corrected chi connectivity index (χ2v) is 6.90. The van der Waals surface area contributed by atoms with Crippen LogP contribution in [-0.4, -0.2) is 46.9 Å². The number of aliphatic imine (C=N–C) groups is 1. The molecule has 0 radical (unpaired) electrons. The summed E-state index contributed by atoms with van der Waals surface area (Å²) >= 11 is 6.18. The largest absolute Gasteiger partial charge is 0.497 e. The summed E-state index contributed by atoms with van der Waals surface area (Å²) in [5.74, 6) is 1.07. The molecule has 0 spiro atoms.